The van der Waals surface area contributed by atoms with Crippen molar-refractivity contribution in [3.63, 3.8) is 0 Å². The molecule has 2 aromatic rings. The van der Waals surface area contributed by atoms with Gasteiger partial charge in [0, 0.05) is 28.9 Å². The van der Waals surface area contributed by atoms with E-state index in [4.69, 9.17) is 8.76 Å². The number of tetrazole rings is 1. The van der Waals surface area contributed by atoms with Crippen LogP contribution in [0.5, 0.6) is 0 Å². The highest BCUT2D eigenvalue weighted by molar-refractivity contribution is 7.76. The van der Waals surface area contributed by atoms with Crippen molar-refractivity contribution in [2.75, 3.05) is 13.1 Å². The third-order valence-corrected chi connectivity index (χ3v) is 7.84. The summed E-state index contributed by atoms with van der Waals surface area (Å²) in [6.07, 6.45) is 4.75. The summed E-state index contributed by atoms with van der Waals surface area (Å²) in [5.74, 6) is 2.14. The van der Waals surface area contributed by atoms with E-state index in [9.17, 15) is 13.2 Å². The maximum atomic E-state index is 13.3. The first-order valence-corrected chi connectivity index (χ1v) is 13.6. The molecule has 1 saturated heterocycles. The predicted molar refractivity (Wildman–Crippen MR) is 128 cm³/mol. The number of aromatic nitrogens is 4. The molecule has 0 spiro atoms. The summed E-state index contributed by atoms with van der Waals surface area (Å²) < 4.78 is 57.4. The van der Waals surface area contributed by atoms with Crippen LogP contribution in [0.4, 0.5) is 13.2 Å². The molecule has 3 aliphatic rings. The third-order valence-electron chi connectivity index (χ3n) is 7.84. The van der Waals surface area contributed by atoms with Crippen molar-refractivity contribution in [1.82, 2.24) is 31.3 Å². The second-order valence-electron chi connectivity index (χ2n) is 10.0. The van der Waals surface area contributed by atoms with Crippen LogP contribution >= 0.6 is 0 Å². The van der Waals surface area contributed by atoms with E-state index in [-0.39, 0.29) is 11.7 Å². The van der Waals surface area contributed by atoms with Crippen LogP contribution in [0, 0.1) is 11.8 Å². The van der Waals surface area contributed by atoms with Gasteiger partial charge in [0.25, 0.3) is 0 Å². The zero-order valence-corrected chi connectivity index (χ0v) is 20.8. The van der Waals surface area contributed by atoms with E-state index in [2.05, 4.69) is 36.4 Å². The molecule has 1 aromatic heterocycles. The molecule has 2 aliphatic carbocycles. The van der Waals surface area contributed by atoms with Crippen molar-refractivity contribution < 1.29 is 21.9 Å². The van der Waals surface area contributed by atoms with Gasteiger partial charge in [0.1, 0.15) is 0 Å². The van der Waals surface area contributed by atoms with Crippen molar-refractivity contribution in [3.05, 3.63) is 29.3 Å². The zero-order valence-electron chi connectivity index (χ0n) is 20.0. The van der Waals surface area contributed by atoms with E-state index >= 15 is 0 Å². The third kappa shape index (κ3) is 7.09. The molecule has 2 heterocycles. The molecule has 3 fully saturated rings. The number of nitrogens with two attached hydrogens (primary N) is 1. The minimum absolute atomic E-state index is 0.212. The highest BCUT2D eigenvalue weighted by Crippen LogP contribution is 2.41. The van der Waals surface area contributed by atoms with Gasteiger partial charge in [0.05, 0.1) is 5.56 Å². The number of nitrogens with one attached hydrogen (secondary N) is 3. The molecule has 2 saturated carbocycles. The molecule has 1 aromatic carbocycles. The fourth-order valence-electron chi connectivity index (χ4n) is 6.14. The van der Waals surface area contributed by atoms with Crippen molar-refractivity contribution in [3.8, 4) is 11.4 Å². The van der Waals surface area contributed by atoms with E-state index < -0.39 is 23.0 Å². The highest BCUT2D eigenvalue weighted by Gasteiger charge is 2.35. The molecule has 5 rings (SSSR count). The smallest absolute Gasteiger partial charge is 0.416 e. The van der Waals surface area contributed by atoms with Crippen LogP contribution in [0.2, 0.25) is 0 Å². The molecule has 1 aliphatic heterocycles. The Hall–Kier alpha value is -1.93. The maximum Gasteiger partial charge on any atom is 0.416 e. The fourth-order valence-corrected chi connectivity index (χ4v) is 6.14. The molecule has 0 radical (unpaired) electrons. The van der Waals surface area contributed by atoms with E-state index in [0.717, 1.165) is 49.6 Å². The lowest BCUT2D eigenvalue weighted by Gasteiger charge is -2.42. The lowest BCUT2D eigenvalue weighted by atomic mass is 9.73. The van der Waals surface area contributed by atoms with Crippen LogP contribution in [0.3, 0.4) is 0 Å². The topological polar surface area (TPSA) is 145 Å². The number of H-pyrrole nitrogens is 1. The van der Waals surface area contributed by atoms with Gasteiger partial charge in [-0.15, -0.1) is 10.2 Å². The average molecular weight is 529 g/mol. The van der Waals surface area contributed by atoms with E-state index in [1.807, 2.05) is 0 Å². The lowest BCUT2D eigenvalue weighted by Crippen LogP contribution is -2.48. The monoisotopic (exact) mass is 528 g/mol. The largest absolute Gasteiger partial charge is 0.760 e. The Morgan fingerprint density at radius 2 is 1.78 bits per heavy atom. The van der Waals surface area contributed by atoms with Crippen LogP contribution in [0.1, 0.15) is 68.4 Å². The molecule has 0 amide bonds. The summed E-state index contributed by atoms with van der Waals surface area (Å²) >= 11 is -2.36. The Morgan fingerprint density at radius 3 is 2.44 bits per heavy atom. The molecule has 200 valence electrons. The Labute approximate surface area is 211 Å². The van der Waals surface area contributed by atoms with Crippen molar-refractivity contribution in [2.45, 2.75) is 75.5 Å². The highest BCUT2D eigenvalue weighted by atomic mass is 32.2. The fraction of sp³-hybridized carbons (Fsp3) is 0.696. The predicted octanol–water partition coefficient (Wildman–Crippen LogP) is 3.02. The Balaban J connectivity index is 0.000000709. The SMILES string of the molecule is FC(F)(F)c1ccc(C2CCC(NC3CC[C@@H]4CNCC[C@H]4C3)CC2)c(-c2nn[nH]n2)c1.NS(=O)[O-]. The molecular weight excluding hydrogens is 495 g/mol. The summed E-state index contributed by atoms with van der Waals surface area (Å²) in [7, 11) is 0. The molecule has 9 nitrogen and oxygen atoms in total. The van der Waals surface area contributed by atoms with Gasteiger partial charge in [-0.2, -0.15) is 18.4 Å². The molecule has 2 unspecified atom stereocenters. The minimum atomic E-state index is -4.40. The number of hydrogen-bond acceptors (Lipinski definition) is 7. The summed E-state index contributed by atoms with van der Waals surface area (Å²) in [5, 5.41) is 25.3. The van der Waals surface area contributed by atoms with Gasteiger partial charge in [0.2, 0.25) is 5.82 Å². The number of aromatic amines is 1. The van der Waals surface area contributed by atoms with Crippen LogP contribution in [-0.2, 0) is 17.4 Å². The van der Waals surface area contributed by atoms with E-state index in [1.54, 1.807) is 6.07 Å². The molecule has 4 atom stereocenters. The summed E-state index contributed by atoms with van der Waals surface area (Å²) in [4.78, 5) is 0. The second kappa shape index (κ2) is 12.1. The van der Waals surface area contributed by atoms with Gasteiger partial charge in [-0.05, 0) is 105 Å². The first-order valence-electron chi connectivity index (χ1n) is 12.5. The van der Waals surface area contributed by atoms with Gasteiger partial charge in [-0.1, -0.05) is 6.07 Å². The normalized spacial score (nSPS) is 29.5. The quantitative estimate of drug-likeness (QED) is 0.447. The standard InChI is InChI=1S/C23H31F3N6.H3NO2S/c24-23(25,26)17-4-8-20(21(12-17)22-29-31-32-30-22)14-1-5-18(6-2-14)28-19-7-3-16-13-27-10-9-15(16)11-19;1-4(2)3/h4,8,12,14-16,18-19,27-28H,1-3,5-7,9-11,13H2,(H,29,30,31,32);1H2,(H,2,3)/p-1/t14?,15-,16+,18?,19?;/m0./s1. The zero-order chi connectivity index (χ0) is 25.7. The molecular formula is C23H33F3N7O2S-. The number of hydrogen-bond donors (Lipinski definition) is 4. The number of halogens is 3. The van der Waals surface area contributed by atoms with Gasteiger partial charge in [-0.25, -0.2) is 0 Å². The molecule has 0 bridgehead atoms. The number of nitrogens with zero attached hydrogens (tertiary/aromatic N) is 3. The molecule has 5 N–H and O–H groups in total. The van der Waals surface area contributed by atoms with Gasteiger partial charge < -0.3 is 15.2 Å². The van der Waals surface area contributed by atoms with Crippen molar-refractivity contribution in [2.24, 2.45) is 17.0 Å². The minimum Gasteiger partial charge on any atom is -0.760 e. The average Bonchev–Trinajstić information content (AvgIpc) is 3.38. The molecule has 36 heavy (non-hydrogen) atoms. The van der Waals surface area contributed by atoms with Crippen LogP contribution in [0.25, 0.3) is 11.4 Å². The number of piperidine rings is 1. The van der Waals surface area contributed by atoms with E-state index in [1.165, 1.54) is 44.4 Å². The summed E-state index contributed by atoms with van der Waals surface area (Å²) in [6.45, 7) is 2.33. The Morgan fingerprint density at radius 1 is 1.06 bits per heavy atom. The number of rotatable bonds is 4. The molecule has 13 heteroatoms. The first-order chi connectivity index (χ1) is 17.2. The Kier molecular flexibility index (Phi) is 9.10. The van der Waals surface area contributed by atoms with Gasteiger partial charge >= 0.3 is 6.18 Å². The lowest BCUT2D eigenvalue weighted by molar-refractivity contribution is -0.137. The first kappa shape index (κ1) is 27.1. The van der Waals surface area contributed by atoms with Gasteiger partial charge in [0.15, 0.2) is 0 Å². The van der Waals surface area contributed by atoms with Crippen LogP contribution in [0.15, 0.2) is 18.2 Å². The Bertz CT molecular complexity index is 996. The summed E-state index contributed by atoms with van der Waals surface area (Å²) in [5.41, 5.74) is 0.659. The number of fused-ring (bicyclic) bond motifs is 1. The summed E-state index contributed by atoms with van der Waals surface area (Å²) in [6, 6.07) is 5.07. The van der Waals surface area contributed by atoms with Crippen LogP contribution < -0.4 is 15.8 Å². The van der Waals surface area contributed by atoms with Gasteiger partial charge in [-0.3, -0.25) is 9.35 Å². The maximum absolute atomic E-state index is 13.3. The number of benzene rings is 1. The van der Waals surface area contributed by atoms with Crippen LogP contribution in [-0.4, -0.2) is 54.6 Å². The van der Waals surface area contributed by atoms with Crippen molar-refractivity contribution in [1.29, 1.82) is 0 Å². The van der Waals surface area contributed by atoms with E-state index in [0.29, 0.717) is 17.6 Å². The number of alkyl halides is 3. The van der Waals surface area contributed by atoms with Crippen molar-refractivity contribution >= 4 is 11.3 Å². The second-order valence-corrected chi connectivity index (χ2v) is 10.6.